The molecule has 4 atom stereocenters. The van der Waals surface area contributed by atoms with Crippen LogP contribution in [0.25, 0.3) is 0 Å². The maximum absolute atomic E-state index is 13.1. The molecule has 1 aliphatic rings. The molecule has 0 radical (unpaired) electrons. The molecule has 1 aliphatic heterocycles. The molecule has 5 amide bonds. The van der Waals surface area contributed by atoms with E-state index in [1.807, 2.05) is 13.8 Å². The number of primary amides is 1. The topological polar surface area (TPSA) is 363 Å². The third kappa shape index (κ3) is 33.7. The molecular weight excluding hydrogens is 870 g/mol. The third-order valence-electron chi connectivity index (χ3n) is 7.57. The number of esters is 1. The van der Waals surface area contributed by atoms with Crippen LogP contribution in [0, 0.1) is 11.1 Å². The Bertz CT molecular complexity index is 1600. The number of ether oxygens (including phenoxy) is 2. The molecule has 0 spiro atoms. The van der Waals surface area contributed by atoms with Crippen molar-refractivity contribution < 1.29 is 115 Å². The van der Waals surface area contributed by atoms with E-state index in [4.69, 9.17) is 35.6 Å². The van der Waals surface area contributed by atoms with Crippen molar-refractivity contribution >= 4 is 41.4 Å². The zero-order valence-corrected chi connectivity index (χ0v) is 41.6. The summed E-state index contributed by atoms with van der Waals surface area (Å²) in [6.45, 7) is 11.5. The van der Waals surface area contributed by atoms with Gasteiger partial charge in [-0.15, -0.1) is 0 Å². The van der Waals surface area contributed by atoms with Crippen LogP contribution in [-0.2, 0) is 46.5 Å². The number of carbonyl (C=O) groups excluding carboxylic acids is 5. The van der Waals surface area contributed by atoms with Crippen LogP contribution < -0.4 is 83.7 Å². The maximum Gasteiger partial charge on any atom is 1.00 e. The fourth-order valence-electron chi connectivity index (χ4n) is 4.86. The summed E-state index contributed by atoms with van der Waals surface area (Å²) in [4.78, 5) is 77.9. The van der Waals surface area contributed by atoms with Crippen molar-refractivity contribution in [1.29, 1.82) is 0 Å². The molecule has 23 nitrogen and oxygen atoms in total. The molecule has 0 saturated carbocycles. The van der Waals surface area contributed by atoms with E-state index in [-0.39, 0.29) is 100 Å². The minimum absolute atomic E-state index is 0. The van der Waals surface area contributed by atoms with Crippen LogP contribution in [0.1, 0.15) is 78.5 Å². The average Bonchev–Trinajstić information content (AvgIpc) is 3.71. The van der Waals surface area contributed by atoms with Gasteiger partial charge in [-0.1, -0.05) is 54.0 Å². The fraction of sp³-hybridized carbons (Fsp3) is 0.625. The van der Waals surface area contributed by atoms with Gasteiger partial charge < -0.3 is 82.6 Å². The Morgan fingerprint density at radius 1 is 1.02 bits per heavy atom. The van der Waals surface area contributed by atoms with Gasteiger partial charge in [0.05, 0.1) is 62.5 Å². The Labute approximate surface area is 417 Å². The number of phenolic OH excluding ortho intramolecular Hbond substituents is 1. The van der Waals surface area contributed by atoms with Crippen LogP contribution in [0.4, 0.5) is 10.5 Å². The molecule has 64 heavy (non-hydrogen) atoms. The normalized spacial score (nSPS) is 14.7. The van der Waals surface area contributed by atoms with Crippen molar-refractivity contribution in [2.75, 3.05) is 52.3 Å². The van der Waals surface area contributed by atoms with Crippen LogP contribution in [0.15, 0.2) is 30.7 Å². The first-order chi connectivity index (χ1) is 29.7. The number of carboxylic acid groups (broad SMARTS) is 1. The predicted octanol–water partition coefficient (Wildman–Crippen LogP) is -2.93. The summed E-state index contributed by atoms with van der Waals surface area (Å²) in [7, 11) is 2.16. The summed E-state index contributed by atoms with van der Waals surface area (Å²) in [6, 6.07) is 1.95. The zero-order chi connectivity index (χ0) is 48.5. The number of anilines is 1. The van der Waals surface area contributed by atoms with Gasteiger partial charge in [0.2, 0.25) is 17.7 Å². The Morgan fingerprint density at radius 2 is 1.62 bits per heavy atom. The molecule has 1 aromatic carbocycles. The average molecular weight is 940 g/mol. The number of amides is 5. The van der Waals surface area contributed by atoms with Crippen LogP contribution in [0.2, 0.25) is 0 Å². The van der Waals surface area contributed by atoms with Crippen molar-refractivity contribution in [1.82, 2.24) is 36.3 Å². The number of nitrogens with zero attached hydrogens (tertiary/aromatic N) is 2. The van der Waals surface area contributed by atoms with Crippen LogP contribution in [-0.4, -0.2) is 154 Å². The number of aromatic amines is 1. The van der Waals surface area contributed by atoms with Gasteiger partial charge in [-0.25, -0.2) is 9.78 Å². The standard InChI is InChI=1S/C28H42N8O7.C5H10O3.C3H6NO3.C3H8.CH4O.K/c1-16(2)27(41)43-14-18-7-8-20(23(37)10-18)36-26(40)21(6-5-9-31-28(29)42)35-24(38)13-32-25(39)22(34-17(3)4)11-19-12-30-15-33-19;6-4-1-5(7)3-8-2-4;1-4(7)2-3(5)6;1-3-2;1-2;/h7-8,10,12,15-17,21-22,34,37H,5-6,9,11,13-14H2,1-4H3,(H,30,33)(H,32,39)(H,35,38)(H,36,40)(H3,29,31,42);4-7H,1-3H2;2H2,1H3,(H,5,6);3H2,1-2H3;2H,1H3;/q;;-1;;;+1. The van der Waals surface area contributed by atoms with Gasteiger partial charge in [-0.3, -0.25) is 24.0 Å². The van der Waals surface area contributed by atoms with E-state index in [1.165, 1.54) is 24.9 Å². The number of aromatic hydroxyl groups is 1. The van der Waals surface area contributed by atoms with E-state index in [9.17, 15) is 39.1 Å². The van der Waals surface area contributed by atoms with Crippen molar-refractivity contribution in [3.05, 3.63) is 47.2 Å². The van der Waals surface area contributed by atoms with Crippen molar-refractivity contribution in [2.24, 2.45) is 11.7 Å². The van der Waals surface area contributed by atoms with Gasteiger partial charge >= 0.3 is 69.4 Å². The largest absolute Gasteiger partial charge is 1.00 e. The number of imidazole rings is 1. The molecule has 3 rings (SSSR count). The monoisotopic (exact) mass is 939 g/mol. The molecular formula is C40H70KN9O14. The maximum atomic E-state index is 13.1. The number of benzene rings is 1. The molecule has 4 unspecified atom stereocenters. The number of nitrogens with two attached hydrogens (primary N) is 1. The predicted molar refractivity (Wildman–Crippen MR) is 233 cm³/mol. The van der Waals surface area contributed by atoms with Crippen LogP contribution in [0.3, 0.4) is 0 Å². The Balaban J connectivity index is -0.00000146. The fourth-order valence-corrected chi connectivity index (χ4v) is 4.86. The number of aliphatic carboxylic acids is 1. The number of hydrogen-bond donors (Lipinski definition) is 12. The number of aliphatic hydroxyl groups is 3. The number of aromatic nitrogens is 2. The van der Waals surface area contributed by atoms with Gasteiger partial charge in [-0.05, 0) is 37.6 Å². The van der Waals surface area contributed by atoms with E-state index < -0.39 is 67.1 Å². The summed E-state index contributed by atoms with van der Waals surface area (Å²) in [5.74, 6) is -3.71. The van der Waals surface area contributed by atoms with Crippen LogP contribution >= 0.6 is 0 Å². The van der Waals surface area contributed by atoms with E-state index in [0.29, 0.717) is 43.1 Å². The number of H-pyrrole nitrogens is 1. The number of carboxylic acids is 1. The Kier molecular flexibility index (Phi) is 38.8. The van der Waals surface area contributed by atoms with Gasteiger partial charge in [0, 0.05) is 44.4 Å². The molecule has 0 aliphatic carbocycles. The number of likely N-dealkylation sites (N-methyl/N-ethyl adjacent to an activating group) is 1. The van der Waals surface area contributed by atoms with Crippen molar-refractivity contribution in [3.63, 3.8) is 0 Å². The van der Waals surface area contributed by atoms with Gasteiger partial charge in [0.25, 0.3) is 0 Å². The number of nitrogens with one attached hydrogen (secondary N) is 6. The van der Waals surface area contributed by atoms with E-state index in [0.717, 1.165) is 19.9 Å². The number of rotatable bonds is 19. The molecule has 2 heterocycles. The van der Waals surface area contributed by atoms with Crippen LogP contribution in [0.5, 0.6) is 5.75 Å². The minimum atomic E-state index is -1.10. The minimum Gasteiger partial charge on any atom is -0.785 e. The first kappa shape index (κ1) is 64.5. The third-order valence-corrected chi connectivity index (χ3v) is 7.57. The van der Waals surface area contributed by atoms with Gasteiger partial charge in [-0.2, -0.15) is 0 Å². The van der Waals surface area contributed by atoms with E-state index in [1.54, 1.807) is 26.1 Å². The zero-order valence-electron chi connectivity index (χ0n) is 38.5. The first-order valence-electron chi connectivity index (χ1n) is 20.3. The number of carbonyl (C=O) groups is 6. The SMILES string of the molecule is CC(C)NC(Cc1cnc[nH]1)C(=O)NCC(=O)NC(CCCNC(N)=O)C(=O)Nc1ccc(COC(=O)C(C)C)cc1O.CCC.CN([O-])CC(=O)O.CO.OC1COCC(O)C1.[K+]. The number of hydroxylamine groups is 2. The summed E-state index contributed by atoms with van der Waals surface area (Å²) in [6.07, 6.45) is 4.65. The quantitative estimate of drug-likeness (QED) is 0.0221. The molecule has 24 heteroatoms. The first-order valence-corrected chi connectivity index (χ1v) is 20.3. The second-order valence-electron chi connectivity index (χ2n) is 14.5. The summed E-state index contributed by atoms with van der Waals surface area (Å²) >= 11 is 0. The number of hydrogen-bond acceptors (Lipinski definition) is 16. The molecule has 360 valence electrons. The van der Waals surface area contributed by atoms with Gasteiger partial charge in [0.1, 0.15) is 18.4 Å². The molecule has 1 aromatic heterocycles. The Morgan fingerprint density at radius 3 is 2.06 bits per heavy atom. The molecule has 1 saturated heterocycles. The molecule has 0 bridgehead atoms. The summed E-state index contributed by atoms with van der Waals surface area (Å²) < 4.78 is 9.95. The Hall–Kier alpha value is -3.79. The van der Waals surface area contributed by atoms with Gasteiger partial charge in [0.15, 0.2) is 0 Å². The molecule has 13 N–H and O–H groups in total. The molecule has 1 fully saturated rings. The second-order valence-corrected chi connectivity index (χ2v) is 14.5. The smallest absolute Gasteiger partial charge is 0.785 e. The van der Waals surface area contributed by atoms with Crippen molar-refractivity contribution in [2.45, 2.75) is 111 Å². The molecule has 2 aromatic rings. The number of phenols is 1. The number of aliphatic hydroxyl groups excluding tert-OH is 3. The number of urea groups is 1. The second kappa shape index (κ2) is 38.5. The summed E-state index contributed by atoms with van der Waals surface area (Å²) in [5, 5.41) is 66.3. The van der Waals surface area contributed by atoms with E-state index >= 15 is 0 Å². The van der Waals surface area contributed by atoms with Crippen molar-refractivity contribution in [3.8, 4) is 5.75 Å². The summed E-state index contributed by atoms with van der Waals surface area (Å²) in [5.41, 5.74) is 6.43. The van der Waals surface area contributed by atoms with E-state index in [2.05, 4.69) is 50.4 Å².